The smallest absolute Gasteiger partial charge is 0.222 e. The highest BCUT2D eigenvalue weighted by molar-refractivity contribution is 5.80. The highest BCUT2D eigenvalue weighted by Gasteiger charge is 2.23. The van der Waals surface area contributed by atoms with Crippen LogP contribution in [-0.4, -0.2) is 30.5 Å². The standard InChI is InChI=1S/C10H18N4O/c11-10(14-8-3-4-8)12-6-5-9(15)13-7-1-2-7/h7-8H,1-6H2,(H,13,15)(H3,11,12,14). The maximum Gasteiger partial charge on any atom is 0.222 e. The molecular weight excluding hydrogens is 192 g/mol. The quantitative estimate of drug-likeness (QED) is 0.431. The molecule has 5 nitrogen and oxygen atoms in total. The average Bonchev–Trinajstić information content (AvgIpc) is 2.99. The zero-order valence-corrected chi connectivity index (χ0v) is 8.83. The second kappa shape index (κ2) is 4.51. The van der Waals surface area contributed by atoms with Crippen molar-refractivity contribution < 1.29 is 4.79 Å². The fraction of sp³-hybridized carbons (Fsp3) is 0.800. The minimum atomic E-state index is 0.0838. The minimum Gasteiger partial charge on any atom is -0.370 e. The number of carbonyl (C=O) groups excluding carboxylic acids is 1. The van der Waals surface area contributed by atoms with Crippen LogP contribution in [0, 0.1) is 0 Å². The van der Waals surface area contributed by atoms with Crippen molar-refractivity contribution in [1.29, 1.82) is 0 Å². The topological polar surface area (TPSA) is 79.5 Å². The van der Waals surface area contributed by atoms with Crippen LogP contribution >= 0.6 is 0 Å². The van der Waals surface area contributed by atoms with Gasteiger partial charge >= 0.3 is 0 Å². The summed E-state index contributed by atoms with van der Waals surface area (Å²) in [6.45, 7) is 0.476. The summed E-state index contributed by atoms with van der Waals surface area (Å²) >= 11 is 0. The summed E-state index contributed by atoms with van der Waals surface area (Å²) in [5, 5.41) is 5.99. The van der Waals surface area contributed by atoms with E-state index in [0.717, 1.165) is 12.8 Å². The lowest BCUT2D eigenvalue weighted by Crippen LogP contribution is -2.34. The molecule has 0 heterocycles. The third-order valence-corrected chi connectivity index (χ3v) is 2.49. The summed E-state index contributed by atoms with van der Waals surface area (Å²) < 4.78 is 0. The van der Waals surface area contributed by atoms with Gasteiger partial charge in [0.1, 0.15) is 0 Å². The number of hydrogen-bond acceptors (Lipinski definition) is 2. The predicted octanol–water partition coefficient (Wildman–Crippen LogP) is -0.278. The molecular formula is C10H18N4O. The first-order valence-electron chi connectivity index (χ1n) is 5.60. The molecule has 2 aliphatic rings. The maximum atomic E-state index is 11.3. The van der Waals surface area contributed by atoms with Gasteiger partial charge in [0.25, 0.3) is 0 Å². The molecule has 15 heavy (non-hydrogen) atoms. The van der Waals surface area contributed by atoms with Gasteiger partial charge < -0.3 is 16.4 Å². The molecule has 2 rings (SSSR count). The van der Waals surface area contributed by atoms with Gasteiger partial charge in [-0.25, -0.2) is 0 Å². The van der Waals surface area contributed by atoms with Crippen molar-refractivity contribution in [3.8, 4) is 0 Å². The van der Waals surface area contributed by atoms with E-state index in [9.17, 15) is 4.79 Å². The van der Waals surface area contributed by atoms with Gasteiger partial charge in [-0.1, -0.05) is 0 Å². The molecule has 0 unspecified atom stereocenters. The fourth-order valence-electron chi connectivity index (χ4n) is 1.29. The van der Waals surface area contributed by atoms with E-state index < -0.39 is 0 Å². The van der Waals surface area contributed by atoms with Gasteiger partial charge in [0, 0.05) is 18.5 Å². The van der Waals surface area contributed by atoms with Gasteiger partial charge in [-0.3, -0.25) is 9.79 Å². The molecule has 0 aromatic carbocycles. The van der Waals surface area contributed by atoms with Gasteiger partial charge in [0.05, 0.1) is 6.54 Å². The zero-order valence-electron chi connectivity index (χ0n) is 8.83. The number of guanidine groups is 1. The molecule has 0 saturated heterocycles. The van der Waals surface area contributed by atoms with Gasteiger partial charge in [0.15, 0.2) is 5.96 Å². The largest absolute Gasteiger partial charge is 0.370 e. The lowest BCUT2D eigenvalue weighted by atomic mass is 10.4. The summed E-state index contributed by atoms with van der Waals surface area (Å²) in [4.78, 5) is 15.4. The molecule has 84 valence electrons. The normalized spacial score (nSPS) is 21.2. The third-order valence-electron chi connectivity index (χ3n) is 2.49. The van der Waals surface area contributed by atoms with Gasteiger partial charge in [-0.15, -0.1) is 0 Å². The summed E-state index contributed by atoms with van der Waals surface area (Å²) in [7, 11) is 0. The van der Waals surface area contributed by atoms with Crippen LogP contribution in [0.4, 0.5) is 0 Å². The molecule has 4 N–H and O–H groups in total. The van der Waals surface area contributed by atoms with E-state index >= 15 is 0 Å². The molecule has 2 fully saturated rings. The van der Waals surface area contributed by atoms with E-state index in [-0.39, 0.29) is 5.91 Å². The molecule has 0 radical (unpaired) electrons. The molecule has 1 amide bonds. The maximum absolute atomic E-state index is 11.3. The average molecular weight is 210 g/mol. The lowest BCUT2D eigenvalue weighted by molar-refractivity contribution is -0.121. The van der Waals surface area contributed by atoms with Crippen molar-refractivity contribution in [2.24, 2.45) is 10.7 Å². The molecule has 2 saturated carbocycles. The van der Waals surface area contributed by atoms with Gasteiger partial charge in [0.2, 0.25) is 5.91 Å². The number of aliphatic imine (C=N–C) groups is 1. The minimum absolute atomic E-state index is 0.0838. The van der Waals surface area contributed by atoms with E-state index in [1.165, 1.54) is 12.8 Å². The SMILES string of the molecule is NC(=NCCC(=O)NC1CC1)NC1CC1. The Morgan fingerprint density at radius 2 is 1.80 bits per heavy atom. The second-order valence-corrected chi connectivity index (χ2v) is 4.28. The number of rotatable bonds is 5. The van der Waals surface area contributed by atoms with Gasteiger partial charge in [-0.2, -0.15) is 0 Å². The highest BCUT2D eigenvalue weighted by Crippen LogP contribution is 2.18. The Kier molecular flexibility index (Phi) is 3.08. The molecule has 0 aromatic rings. The Bertz CT molecular complexity index is 269. The number of nitrogens with two attached hydrogens (primary N) is 1. The van der Waals surface area contributed by atoms with Crippen LogP contribution in [-0.2, 0) is 4.79 Å². The first kappa shape index (κ1) is 10.3. The number of nitrogens with one attached hydrogen (secondary N) is 2. The van der Waals surface area contributed by atoms with Crippen LogP contribution < -0.4 is 16.4 Å². The molecule has 0 atom stereocenters. The monoisotopic (exact) mass is 210 g/mol. The molecule has 0 aromatic heterocycles. The third kappa shape index (κ3) is 4.18. The second-order valence-electron chi connectivity index (χ2n) is 4.28. The van der Waals surface area contributed by atoms with Gasteiger partial charge in [-0.05, 0) is 25.7 Å². The van der Waals surface area contributed by atoms with Crippen molar-refractivity contribution >= 4 is 11.9 Å². The predicted molar refractivity (Wildman–Crippen MR) is 58.4 cm³/mol. The van der Waals surface area contributed by atoms with E-state index in [4.69, 9.17) is 5.73 Å². The van der Waals surface area contributed by atoms with Crippen molar-refractivity contribution in [2.45, 2.75) is 44.2 Å². The Labute approximate surface area is 89.5 Å². The number of carbonyl (C=O) groups is 1. The van der Waals surface area contributed by atoms with Crippen LogP contribution in [0.15, 0.2) is 4.99 Å². The first-order valence-corrected chi connectivity index (χ1v) is 5.60. The number of hydrogen-bond donors (Lipinski definition) is 3. The number of nitrogens with zero attached hydrogens (tertiary/aromatic N) is 1. The Hall–Kier alpha value is -1.26. The molecule has 0 spiro atoms. The molecule has 0 bridgehead atoms. The van der Waals surface area contributed by atoms with Crippen molar-refractivity contribution in [2.75, 3.05) is 6.54 Å². The van der Waals surface area contributed by atoms with Crippen LogP contribution in [0.1, 0.15) is 32.1 Å². The van der Waals surface area contributed by atoms with Crippen LogP contribution in [0.25, 0.3) is 0 Å². The Morgan fingerprint density at radius 3 is 2.40 bits per heavy atom. The molecule has 2 aliphatic carbocycles. The highest BCUT2D eigenvalue weighted by atomic mass is 16.1. The summed E-state index contributed by atoms with van der Waals surface area (Å²) in [5.74, 6) is 0.553. The summed E-state index contributed by atoms with van der Waals surface area (Å²) in [6.07, 6.45) is 5.04. The van der Waals surface area contributed by atoms with Crippen molar-refractivity contribution in [1.82, 2.24) is 10.6 Å². The number of amides is 1. The van der Waals surface area contributed by atoms with Crippen molar-refractivity contribution in [3.63, 3.8) is 0 Å². The Morgan fingerprint density at radius 1 is 1.20 bits per heavy atom. The fourth-order valence-corrected chi connectivity index (χ4v) is 1.29. The molecule has 0 aliphatic heterocycles. The van der Waals surface area contributed by atoms with Crippen LogP contribution in [0.5, 0.6) is 0 Å². The summed E-state index contributed by atoms with van der Waals surface area (Å²) in [5.41, 5.74) is 5.62. The van der Waals surface area contributed by atoms with E-state index in [0.29, 0.717) is 31.0 Å². The van der Waals surface area contributed by atoms with Crippen LogP contribution in [0.2, 0.25) is 0 Å². The van der Waals surface area contributed by atoms with E-state index in [2.05, 4.69) is 15.6 Å². The molecule has 5 heteroatoms. The zero-order chi connectivity index (χ0) is 10.7. The van der Waals surface area contributed by atoms with Crippen molar-refractivity contribution in [3.05, 3.63) is 0 Å². The Balaban J connectivity index is 1.56. The first-order chi connectivity index (χ1) is 7.24. The van der Waals surface area contributed by atoms with E-state index in [1.54, 1.807) is 0 Å². The lowest BCUT2D eigenvalue weighted by Gasteiger charge is -2.03. The van der Waals surface area contributed by atoms with E-state index in [1.807, 2.05) is 0 Å². The summed E-state index contributed by atoms with van der Waals surface area (Å²) in [6, 6.07) is 0.956. The van der Waals surface area contributed by atoms with Crippen LogP contribution in [0.3, 0.4) is 0 Å².